The highest BCUT2D eigenvalue weighted by atomic mass is 32.1. The summed E-state index contributed by atoms with van der Waals surface area (Å²) < 4.78 is 4.16. The molecule has 0 radical (unpaired) electrons. The van der Waals surface area contributed by atoms with E-state index in [0.717, 1.165) is 9.88 Å². The summed E-state index contributed by atoms with van der Waals surface area (Å²) in [6, 6.07) is 3.73. The van der Waals surface area contributed by atoms with Crippen molar-refractivity contribution in [2.24, 2.45) is 0 Å². The van der Waals surface area contributed by atoms with E-state index in [9.17, 15) is 9.90 Å². The Morgan fingerprint density at radius 3 is 2.90 bits per heavy atom. The Morgan fingerprint density at radius 2 is 2.30 bits per heavy atom. The second-order valence-electron chi connectivity index (χ2n) is 4.66. The molecule has 5 nitrogen and oxygen atoms in total. The van der Waals surface area contributed by atoms with Crippen LogP contribution in [0.3, 0.4) is 0 Å². The van der Waals surface area contributed by atoms with Gasteiger partial charge in [-0.25, -0.2) is 0 Å². The quantitative estimate of drug-likeness (QED) is 0.791. The average Bonchev–Trinajstić information content (AvgIpc) is 3.05. The zero-order valence-electron chi connectivity index (χ0n) is 11.6. The second-order valence-corrected chi connectivity index (χ2v) is 6.38. The zero-order valence-corrected chi connectivity index (χ0v) is 13.2. The van der Waals surface area contributed by atoms with Gasteiger partial charge in [0.2, 0.25) is 0 Å². The van der Waals surface area contributed by atoms with Crippen molar-refractivity contribution >= 4 is 33.8 Å². The van der Waals surface area contributed by atoms with Crippen molar-refractivity contribution in [3.05, 3.63) is 33.6 Å². The number of rotatable bonds is 5. The van der Waals surface area contributed by atoms with Crippen molar-refractivity contribution < 1.29 is 9.90 Å². The van der Waals surface area contributed by atoms with Crippen LogP contribution in [0.25, 0.3) is 0 Å². The van der Waals surface area contributed by atoms with Crippen LogP contribution in [0, 0.1) is 6.92 Å². The molecule has 2 aromatic rings. The monoisotopic (exact) mass is 311 g/mol. The molecule has 0 aromatic carbocycles. The molecule has 1 unspecified atom stereocenters. The van der Waals surface area contributed by atoms with Crippen molar-refractivity contribution in [2.45, 2.75) is 19.4 Å². The Morgan fingerprint density at radius 1 is 1.55 bits per heavy atom. The molecule has 2 rings (SSSR count). The zero-order chi connectivity index (χ0) is 14.8. The van der Waals surface area contributed by atoms with Crippen LogP contribution >= 0.6 is 22.9 Å². The van der Waals surface area contributed by atoms with Crippen molar-refractivity contribution in [1.29, 1.82) is 0 Å². The number of thiophene rings is 1. The maximum absolute atomic E-state index is 12.2. The second kappa shape index (κ2) is 5.90. The first-order valence-corrected chi connectivity index (χ1v) is 7.79. The third-order valence-corrected chi connectivity index (χ3v) is 5.04. The Hall–Kier alpha value is -1.44. The van der Waals surface area contributed by atoms with Gasteiger partial charge in [-0.1, -0.05) is 6.07 Å². The predicted octanol–water partition coefficient (Wildman–Crippen LogP) is 2.19. The Bertz CT molecular complexity index is 591. The molecule has 7 heteroatoms. The predicted molar refractivity (Wildman–Crippen MR) is 82.6 cm³/mol. The standard InChI is InChI=1S/C13H17N3O2S2/c1-8-10(12(14-3)20-16-8)11(17)15-7-13(2,18)9-5-4-6-19-9/h4-6,14,18H,7H2,1-3H3,(H,15,17). The number of hydrogen-bond donors (Lipinski definition) is 3. The lowest BCUT2D eigenvalue weighted by Gasteiger charge is -2.22. The Balaban J connectivity index is 2.07. The van der Waals surface area contributed by atoms with Gasteiger partial charge in [-0.3, -0.25) is 4.79 Å². The van der Waals surface area contributed by atoms with E-state index in [-0.39, 0.29) is 12.5 Å². The normalized spacial score (nSPS) is 13.8. The third kappa shape index (κ3) is 3.00. The molecule has 0 aliphatic rings. The van der Waals surface area contributed by atoms with E-state index in [0.29, 0.717) is 11.3 Å². The van der Waals surface area contributed by atoms with Gasteiger partial charge in [-0.05, 0) is 36.8 Å². The van der Waals surface area contributed by atoms with Crippen LogP contribution in [0.1, 0.15) is 27.9 Å². The number of anilines is 1. The number of nitrogens with zero attached hydrogens (tertiary/aromatic N) is 1. The molecular formula is C13H17N3O2S2. The van der Waals surface area contributed by atoms with Crippen LogP contribution < -0.4 is 10.6 Å². The first-order chi connectivity index (χ1) is 9.45. The van der Waals surface area contributed by atoms with Gasteiger partial charge in [0.05, 0.1) is 17.8 Å². The summed E-state index contributed by atoms with van der Waals surface area (Å²) in [6.07, 6.45) is 0. The fourth-order valence-electron chi connectivity index (χ4n) is 1.82. The number of aliphatic hydroxyl groups is 1. The maximum atomic E-state index is 12.2. The van der Waals surface area contributed by atoms with E-state index in [1.54, 1.807) is 20.9 Å². The van der Waals surface area contributed by atoms with E-state index in [1.807, 2.05) is 17.5 Å². The number of aryl methyl sites for hydroxylation is 1. The molecular weight excluding hydrogens is 294 g/mol. The smallest absolute Gasteiger partial charge is 0.256 e. The topological polar surface area (TPSA) is 74.2 Å². The summed E-state index contributed by atoms with van der Waals surface area (Å²) in [5.74, 6) is -0.225. The largest absolute Gasteiger partial charge is 0.383 e. The van der Waals surface area contributed by atoms with Crippen LogP contribution in [0.15, 0.2) is 17.5 Å². The molecule has 2 aromatic heterocycles. The van der Waals surface area contributed by atoms with E-state index >= 15 is 0 Å². The lowest BCUT2D eigenvalue weighted by atomic mass is 10.1. The summed E-state index contributed by atoms with van der Waals surface area (Å²) in [6.45, 7) is 3.64. The van der Waals surface area contributed by atoms with Crippen LogP contribution in [-0.2, 0) is 5.60 Å². The molecule has 0 spiro atoms. The van der Waals surface area contributed by atoms with E-state index in [1.165, 1.54) is 22.9 Å². The van der Waals surface area contributed by atoms with Crippen LogP contribution in [0.5, 0.6) is 0 Å². The summed E-state index contributed by atoms with van der Waals surface area (Å²) in [5.41, 5.74) is 0.160. The first-order valence-electron chi connectivity index (χ1n) is 6.14. The highest BCUT2D eigenvalue weighted by molar-refractivity contribution is 7.10. The molecule has 0 saturated heterocycles. The molecule has 3 N–H and O–H groups in total. The number of nitrogens with one attached hydrogen (secondary N) is 2. The van der Waals surface area contributed by atoms with Gasteiger partial charge < -0.3 is 15.7 Å². The van der Waals surface area contributed by atoms with E-state index in [4.69, 9.17) is 0 Å². The van der Waals surface area contributed by atoms with Crippen LogP contribution in [0.2, 0.25) is 0 Å². The van der Waals surface area contributed by atoms with Gasteiger partial charge in [0, 0.05) is 11.9 Å². The number of aromatic nitrogens is 1. The molecule has 0 fully saturated rings. The lowest BCUT2D eigenvalue weighted by Crippen LogP contribution is -2.38. The number of hydrogen-bond acceptors (Lipinski definition) is 6. The summed E-state index contributed by atoms with van der Waals surface area (Å²) >= 11 is 2.72. The number of carbonyl (C=O) groups excluding carboxylic acids is 1. The third-order valence-electron chi connectivity index (χ3n) is 2.96. The minimum absolute atomic E-state index is 0.158. The maximum Gasteiger partial charge on any atom is 0.256 e. The van der Waals surface area contributed by atoms with E-state index in [2.05, 4.69) is 15.0 Å². The Labute approximate surface area is 125 Å². The van der Waals surface area contributed by atoms with E-state index < -0.39 is 5.60 Å². The van der Waals surface area contributed by atoms with Gasteiger partial charge >= 0.3 is 0 Å². The number of amides is 1. The molecule has 0 aliphatic heterocycles. The van der Waals surface area contributed by atoms with Gasteiger partial charge in [0.1, 0.15) is 10.6 Å². The molecule has 108 valence electrons. The molecule has 2 heterocycles. The summed E-state index contributed by atoms with van der Waals surface area (Å²) in [5, 5.41) is 18.7. The highest BCUT2D eigenvalue weighted by Gasteiger charge is 2.26. The van der Waals surface area contributed by atoms with Crippen molar-refractivity contribution in [1.82, 2.24) is 9.69 Å². The van der Waals surface area contributed by atoms with Crippen molar-refractivity contribution in [3.63, 3.8) is 0 Å². The van der Waals surface area contributed by atoms with Crippen LogP contribution in [0.4, 0.5) is 5.00 Å². The molecule has 0 aliphatic carbocycles. The minimum Gasteiger partial charge on any atom is -0.383 e. The number of carbonyl (C=O) groups is 1. The molecule has 0 bridgehead atoms. The lowest BCUT2D eigenvalue weighted by molar-refractivity contribution is 0.0557. The average molecular weight is 311 g/mol. The van der Waals surface area contributed by atoms with Crippen LogP contribution in [-0.4, -0.2) is 29.0 Å². The highest BCUT2D eigenvalue weighted by Crippen LogP contribution is 2.26. The van der Waals surface area contributed by atoms with Gasteiger partial charge in [-0.2, -0.15) is 4.37 Å². The molecule has 1 amide bonds. The SMILES string of the molecule is CNc1snc(C)c1C(=O)NCC(C)(O)c1cccs1. The van der Waals surface area contributed by atoms with Gasteiger partial charge in [0.15, 0.2) is 0 Å². The minimum atomic E-state index is -1.07. The van der Waals surface area contributed by atoms with Gasteiger partial charge in [0.25, 0.3) is 5.91 Å². The molecule has 0 saturated carbocycles. The van der Waals surface area contributed by atoms with Crippen molar-refractivity contribution in [2.75, 3.05) is 18.9 Å². The van der Waals surface area contributed by atoms with Crippen molar-refractivity contribution in [3.8, 4) is 0 Å². The summed E-state index contributed by atoms with van der Waals surface area (Å²) in [7, 11) is 1.76. The van der Waals surface area contributed by atoms with Gasteiger partial charge in [-0.15, -0.1) is 11.3 Å². The molecule has 20 heavy (non-hydrogen) atoms. The Kier molecular flexibility index (Phi) is 4.42. The first kappa shape index (κ1) is 15.0. The summed E-state index contributed by atoms with van der Waals surface area (Å²) in [4.78, 5) is 13.1. The fourth-order valence-corrected chi connectivity index (χ4v) is 3.35. The molecule has 1 atom stereocenters. The fraction of sp³-hybridized carbons (Fsp3) is 0.385.